The second-order valence-corrected chi connectivity index (χ2v) is 5.94. The van der Waals surface area contributed by atoms with E-state index in [4.69, 9.17) is 0 Å². The summed E-state index contributed by atoms with van der Waals surface area (Å²) in [7, 11) is 1.76. The smallest absolute Gasteiger partial charge is 0.321 e. The molecule has 0 unspecified atom stereocenters. The Kier molecular flexibility index (Phi) is 4.79. The number of pyridine rings is 1. The first kappa shape index (κ1) is 16.7. The zero-order valence-electron chi connectivity index (χ0n) is 14.5. The number of aromatic nitrogens is 3. The molecule has 0 fully saturated rings. The predicted octanol–water partition coefficient (Wildman–Crippen LogP) is 3.80. The molecular weight excluding hydrogens is 314 g/mol. The molecule has 25 heavy (non-hydrogen) atoms. The Hall–Kier alpha value is -3.15. The van der Waals surface area contributed by atoms with E-state index in [1.165, 1.54) is 0 Å². The maximum absolute atomic E-state index is 12.6. The van der Waals surface area contributed by atoms with Crippen LogP contribution in [0.25, 0.3) is 5.69 Å². The molecule has 0 spiro atoms. The molecule has 0 bridgehead atoms. The maximum Gasteiger partial charge on any atom is 0.323 e. The zero-order valence-corrected chi connectivity index (χ0v) is 14.5. The van der Waals surface area contributed by atoms with Crippen LogP contribution < -0.4 is 5.32 Å². The fourth-order valence-corrected chi connectivity index (χ4v) is 2.51. The van der Waals surface area contributed by atoms with Crippen LogP contribution in [0.5, 0.6) is 0 Å². The fraction of sp³-hybridized carbons (Fsp3) is 0.211. The topological polar surface area (TPSA) is 63.1 Å². The van der Waals surface area contributed by atoms with Crippen LogP contribution in [-0.2, 0) is 0 Å². The molecule has 3 rings (SSSR count). The number of para-hydroxylation sites is 1. The number of carbonyl (C=O) groups is 1. The number of carbonyl (C=O) groups excluding carboxylic acids is 1. The first-order chi connectivity index (χ1) is 12.1. The van der Waals surface area contributed by atoms with E-state index < -0.39 is 0 Å². The number of rotatable bonds is 4. The number of urea groups is 1. The van der Waals surface area contributed by atoms with Crippen LogP contribution in [-0.4, -0.2) is 32.7 Å². The molecule has 0 saturated heterocycles. The van der Waals surface area contributed by atoms with Crippen LogP contribution in [0.1, 0.15) is 24.1 Å². The number of anilines is 1. The van der Waals surface area contributed by atoms with Crippen molar-refractivity contribution in [1.29, 1.82) is 0 Å². The van der Waals surface area contributed by atoms with Gasteiger partial charge in [-0.05, 0) is 37.6 Å². The fourth-order valence-electron chi connectivity index (χ4n) is 2.51. The van der Waals surface area contributed by atoms with Crippen molar-refractivity contribution in [2.45, 2.75) is 19.9 Å². The molecule has 0 saturated carbocycles. The Labute approximate surface area is 147 Å². The molecule has 6 nitrogen and oxygen atoms in total. The zero-order chi connectivity index (χ0) is 17.8. The molecule has 128 valence electrons. The summed E-state index contributed by atoms with van der Waals surface area (Å²) in [5.41, 5.74) is 2.83. The van der Waals surface area contributed by atoms with Gasteiger partial charge in [-0.1, -0.05) is 24.3 Å². The summed E-state index contributed by atoms with van der Waals surface area (Å²) in [6, 6.07) is 13.3. The summed E-state index contributed by atoms with van der Waals surface area (Å²) in [4.78, 5) is 18.3. The minimum Gasteiger partial charge on any atom is -0.321 e. The second kappa shape index (κ2) is 7.17. The number of nitrogens with one attached hydrogen (secondary N) is 1. The third-order valence-electron chi connectivity index (χ3n) is 4.21. The molecule has 0 aliphatic heterocycles. The lowest BCUT2D eigenvalue weighted by atomic mass is 10.1. The highest BCUT2D eigenvalue weighted by Gasteiger charge is 2.19. The quantitative estimate of drug-likeness (QED) is 0.789. The number of hydrogen-bond donors (Lipinski definition) is 1. The Balaban J connectivity index is 1.74. The highest BCUT2D eigenvalue weighted by Crippen LogP contribution is 2.20. The van der Waals surface area contributed by atoms with E-state index >= 15 is 0 Å². The normalized spacial score (nSPS) is 11.8. The van der Waals surface area contributed by atoms with Crippen molar-refractivity contribution < 1.29 is 4.79 Å². The summed E-state index contributed by atoms with van der Waals surface area (Å²) in [6.45, 7) is 3.89. The van der Waals surface area contributed by atoms with Crippen molar-refractivity contribution in [3.05, 3.63) is 72.2 Å². The lowest BCUT2D eigenvalue weighted by Gasteiger charge is -2.25. The van der Waals surface area contributed by atoms with Gasteiger partial charge in [-0.3, -0.25) is 10.3 Å². The van der Waals surface area contributed by atoms with E-state index in [1.54, 1.807) is 29.0 Å². The van der Waals surface area contributed by atoms with Crippen LogP contribution >= 0.6 is 0 Å². The second-order valence-electron chi connectivity index (χ2n) is 5.94. The summed E-state index contributed by atoms with van der Waals surface area (Å²) >= 11 is 0. The van der Waals surface area contributed by atoms with Gasteiger partial charge in [-0.25, -0.2) is 9.48 Å². The summed E-state index contributed by atoms with van der Waals surface area (Å²) in [6.07, 6.45) is 5.38. The summed E-state index contributed by atoms with van der Waals surface area (Å²) in [5, 5.41) is 7.37. The van der Waals surface area contributed by atoms with Crippen molar-refractivity contribution in [1.82, 2.24) is 19.7 Å². The van der Waals surface area contributed by atoms with Gasteiger partial charge >= 0.3 is 6.03 Å². The van der Waals surface area contributed by atoms with Crippen molar-refractivity contribution in [3.8, 4) is 5.69 Å². The van der Waals surface area contributed by atoms with E-state index in [0.717, 1.165) is 16.8 Å². The van der Waals surface area contributed by atoms with Crippen LogP contribution in [0.15, 0.2) is 61.1 Å². The summed E-state index contributed by atoms with van der Waals surface area (Å²) in [5.74, 6) is 0.555. The van der Waals surface area contributed by atoms with Gasteiger partial charge in [0.05, 0.1) is 11.7 Å². The molecule has 0 radical (unpaired) electrons. The van der Waals surface area contributed by atoms with E-state index in [0.29, 0.717) is 5.82 Å². The van der Waals surface area contributed by atoms with Crippen LogP contribution in [0.3, 0.4) is 0 Å². The molecule has 2 aromatic heterocycles. The number of nitrogens with zero attached hydrogens (tertiary/aromatic N) is 4. The summed E-state index contributed by atoms with van der Waals surface area (Å²) < 4.78 is 1.76. The largest absolute Gasteiger partial charge is 0.323 e. The van der Waals surface area contributed by atoms with Gasteiger partial charge in [-0.2, -0.15) is 0 Å². The molecule has 1 atom stereocenters. The molecule has 3 aromatic rings. The standard InChI is InChI=1S/C19H21N5O/c1-14-13-24(17-9-5-4-6-10-17)22-18(14)21-19(25)23(3)15(2)16-8-7-11-20-12-16/h4-13,15H,1-3H3,(H,21,22,25)/t15-/m1/s1. The van der Waals surface area contributed by atoms with Crippen LogP contribution in [0.2, 0.25) is 0 Å². The molecule has 0 aliphatic rings. The maximum atomic E-state index is 12.6. The van der Waals surface area contributed by atoms with Crippen LogP contribution in [0, 0.1) is 6.92 Å². The van der Waals surface area contributed by atoms with Crippen LogP contribution in [0.4, 0.5) is 10.6 Å². The number of benzene rings is 1. The Morgan fingerprint density at radius 1 is 1.20 bits per heavy atom. The predicted molar refractivity (Wildman–Crippen MR) is 97.7 cm³/mol. The van der Waals surface area contributed by atoms with Gasteiger partial charge in [0.15, 0.2) is 5.82 Å². The van der Waals surface area contributed by atoms with E-state index in [1.807, 2.05) is 62.5 Å². The highest BCUT2D eigenvalue weighted by atomic mass is 16.2. The molecule has 2 heterocycles. The van der Waals surface area contributed by atoms with Gasteiger partial charge in [0.1, 0.15) is 0 Å². The van der Waals surface area contributed by atoms with Gasteiger partial charge in [0.25, 0.3) is 0 Å². The number of hydrogen-bond acceptors (Lipinski definition) is 3. The molecular formula is C19H21N5O. The molecule has 2 amide bonds. The Bertz CT molecular complexity index is 845. The molecule has 1 N–H and O–H groups in total. The average molecular weight is 335 g/mol. The van der Waals surface area contributed by atoms with Crippen molar-refractivity contribution >= 4 is 11.8 Å². The number of amides is 2. The van der Waals surface area contributed by atoms with Gasteiger partial charge in [0, 0.05) is 31.2 Å². The first-order valence-electron chi connectivity index (χ1n) is 8.11. The van der Waals surface area contributed by atoms with Crippen molar-refractivity contribution in [2.24, 2.45) is 0 Å². The van der Waals surface area contributed by atoms with E-state index in [2.05, 4.69) is 15.4 Å². The average Bonchev–Trinajstić information content (AvgIpc) is 3.02. The van der Waals surface area contributed by atoms with Gasteiger partial charge in [0.2, 0.25) is 0 Å². The first-order valence-corrected chi connectivity index (χ1v) is 8.11. The highest BCUT2D eigenvalue weighted by molar-refractivity contribution is 5.89. The SMILES string of the molecule is Cc1cn(-c2ccccc2)nc1NC(=O)N(C)[C@H](C)c1cccnc1. The minimum absolute atomic E-state index is 0.0924. The molecule has 0 aliphatic carbocycles. The molecule has 6 heteroatoms. The van der Waals surface area contributed by atoms with Crippen molar-refractivity contribution in [2.75, 3.05) is 12.4 Å². The lowest BCUT2D eigenvalue weighted by molar-refractivity contribution is 0.208. The minimum atomic E-state index is -0.210. The monoisotopic (exact) mass is 335 g/mol. The third-order valence-corrected chi connectivity index (χ3v) is 4.21. The molecule has 1 aromatic carbocycles. The lowest BCUT2D eigenvalue weighted by Crippen LogP contribution is -2.34. The third kappa shape index (κ3) is 3.68. The Morgan fingerprint density at radius 2 is 1.96 bits per heavy atom. The van der Waals surface area contributed by atoms with E-state index in [-0.39, 0.29) is 12.1 Å². The van der Waals surface area contributed by atoms with Crippen molar-refractivity contribution in [3.63, 3.8) is 0 Å². The van der Waals surface area contributed by atoms with Gasteiger partial charge < -0.3 is 4.90 Å². The number of aryl methyl sites for hydroxylation is 1. The van der Waals surface area contributed by atoms with E-state index in [9.17, 15) is 4.79 Å². The Morgan fingerprint density at radius 3 is 2.64 bits per heavy atom. The van der Waals surface area contributed by atoms with Gasteiger partial charge in [-0.15, -0.1) is 5.10 Å².